The molecule has 2 nitrogen and oxygen atoms in total. The Morgan fingerprint density at radius 3 is 2.35 bits per heavy atom. The van der Waals surface area contributed by atoms with E-state index in [0.717, 1.165) is 5.57 Å². The number of hydrogen-bond acceptors (Lipinski definition) is 1. The third-order valence-corrected chi connectivity index (χ3v) is 2.40. The van der Waals surface area contributed by atoms with Crippen molar-refractivity contribution in [3.05, 3.63) is 60.3 Å². The Hall–Kier alpha value is -1.80. The molecule has 0 atom stereocenters. The van der Waals surface area contributed by atoms with Gasteiger partial charge in [-0.25, -0.2) is 0 Å². The lowest BCUT2D eigenvalue weighted by Crippen LogP contribution is -2.72. The second kappa shape index (κ2) is 6.71. The molecule has 0 heterocycles. The monoisotopic (exact) mass is 229 g/mol. The Morgan fingerprint density at radius 1 is 1.18 bits per heavy atom. The van der Waals surface area contributed by atoms with E-state index in [-0.39, 0.29) is 0 Å². The molecule has 0 radical (unpaired) electrons. The highest BCUT2D eigenvalue weighted by Crippen LogP contribution is 2.13. The van der Waals surface area contributed by atoms with Crippen LogP contribution in [0.2, 0.25) is 0 Å². The van der Waals surface area contributed by atoms with E-state index >= 15 is 0 Å². The molecule has 0 unspecified atom stereocenters. The van der Waals surface area contributed by atoms with E-state index in [9.17, 15) is 0 Å². The van der Waals surface area contributed by atoms with Gasteiger partial charge in [0.2, 0.25) is 0 Å². The van der Waals surface area contributed by atoms with Crippen molar-refractivity contribution in [2.45, 2.75) is 0 Å². The standard InChI is InChI=1S/C15H20N2/c1-13(11-12-16-2)5-6-14-7-9-15(10-8-14)17(3)4/h5-12,16H,1H2,2-4H3/p+1/b6-5+,12-11-. The summed E-state index contributed by atoms with van der Waals surface area (Å²) in [6.45, 7) is 3.95. The molecule has 2 heteroatoms. The van der Waals surface area contributed by atoms with Crippen molar-refractivity contribution in [3.8, 4) is 0 Å². The quantitative estimate of drug-likeness (QED) is 0.766. The van der Waals surface area contributed by atoms with E-state index in [0.29, 0.717) is 0 Å². The first-order valence-electron chi connectivity index (χ1n) is 5.74. The summed E-state index contributed by atoms with van der Waals surface area (Å²) in [5.41, 5.74) is 3.40. The molecule has 0 aliphatic heterocycles. The van der Waals surface area contributed by atoms with Crippen LogP contribution in [0.4, 0.5) is 5.69 Å². The van der Waals surface area contributed by atoms with Gasteiger partial charge in [0.1, 0.15) is 0 Å². The number of benzene rings is 1. The fourth-order valence-corrected chi connectivity index (χ4v) is 1.36. The summed E-state index contributed by atoms with van der Waals surface area (Å²) in [5, 5.41) is 1.99. The maximum Gasteiger partial charge on any atom is 0.0929 e. The van der Waals surface area contributed by atoms with Crippen LogP contribution in [0.1, 0.15) is 5.56 Å². The Bertz CT molecular complexity index is 411. The molecular weight excluding hydrogens is 208 g/mol. The SMILES string of the molecule is C=C(/C=C\[NH2+]C)/C=C/c1ccc(N(C)C)cc1. The zero-order chi connectivity index (χ0) is 12.7. The molecule has 2 N–H and O–H groups in total. The van der Waals surface area contributed by atoms with Gasteiger partial charge < -0.3 is 10.2 Å². The molecule has 0 fully saturated rings. The summed E-state index contributed by atoms with van der Waals surface area (Å²) in [5.74, 6) is 0. The first kappa shape index (κ1) is 13.3. The number of nitrogens with two attached hydrogens (primary N) is 1. The van der Waals surface area contributed by atoms with Crippen molar-refractivity contribution < 1.29 is 5.32 Å². The molecular formula is C15H21N2+. The molecule has 0 aliphatic rings. The van der Waals surface area contributed by atoms with E-state index in [1.807, 2.05) is 44.8 Å². The van der Waals surface area contributed by atoms with Crippen LogP contribution < -0.4 is 10.2 Å². The van der Waals surface area contributed by atoms with E-state index in [2.05, 4.69) is 41.8 Å². The number of allylic oxidation sites excluding steroid dienone is 3. The third kappa shape index (κ3) is 4.70. The Morgan fingerprint density at radius 2 is 1.82 bits per heavy atom. The smallest absolute Gasteiger partial charge is 0.0929 e. The Balaban J connectivity index is 2.66. The lowest BCUT2D eigenvalue weighted by molar-refractivity contribution is -0.556. The summed E-state index contributed by atoms with van der Waals surface area (Å²) < 4.78 is 0. The molecule has 17 heavy (non-hydrogen) atoms. The zero-order valence-corrected chi connectivity index (χ0v) is 10.9. The topological polar surface area (TPSA) is 19.9 Å². The van der Waals surface area contributed by atoms with Gasteiger partial charge in [0.25, 0.3) is 0 Å². The lowest BCUT2D eigenvalue weighted by atomic mass is 10.1. The molecule has 0 saturated carbocycles. The third-order valence-electron chi connectivity index (χ3n) is 2.40. The second-order valence-electron chi connectivity index (χ2n) is 4.09. The van der Waals surface area contributed by atoms with Crippen LogP contribution in [0.15, 0.2) is 54.8 Å². The van der Waals surface area contributed by atoms with E-state index in [4.69, 9.17) is 0 Å². The molecule has 90 valence electrons. The number of rotatable bonds is 5. The van der Waals surface area contributed by atoms with Gasteiger partial charge in [0, 0.05) is 19.8 Å². The number of nitrogens with zero attached hydrogens (tertiary/aromatic N) is 1. The van der Waals surface area contributed by atoms with Gasteiger partial charge in [-0.15, -0.1) is 0 Å². The molecule has 0 saturated heterocycles. The van der Waals surface area contributed by atoms with Crippen molar-refractivity contribution in [2.24, 2.45) is 0 Å². The first-order valence-corrected chi connectivity index (χ1v) is 5.74. The van der Waals surface area contributed by atoms with Crippen molar-refractivity contribution in [1.82, 2.24) is 0 Å². The van der Waals surface area contributed by atoms with Crippen LogP contribution in [-0.2, 0) is 0 Å². The average Bonchev–Trinajstić information content (AvgIpc) is 2.34. The number of quaternary nitrogens is 1. The molecule has 1 aromatic rings. The minimum atomic E-state index is 1.000. The minimum absolute atomic E-state index is 1.000. The molecule has 0 aliphatic carbocycles. The molecule has 1 aromatic carbocycles. The normalized spacial score (nSPS) is 11.2. The molecule has 0 bridgehead atoms. The van der Waals surface area contributed by atoms with Gasteiger partial charge in [-0.1, -0.05) is 30.9 Å². The van der Waals surface area contributed by atoms with Crippen molar-refractivity contribution in [2.75, 3.05) is 26.0 Å². The van der Waals surface area contributed by atoms with E-state index in [1.54, 1.807) is 0 Å². The van der Waals surface area contributed by atoms with Crippen LogP contribution in [0.3, 0.4) is 0 Å². The van der Waals surface area contributed by atoms with E-state index in [1.165, 1.54) is 11.3 Å². The number of hydrogen-bond donors (Lipinski definition) is 1. The summed E-state index contributed by atoms with van der Waals surface area (Å²) in [7, 11) is 6.07. The van der Waals surface area contributed by atoms with Gasteiger partial charge >= 0.3 is 0 Å². The molecule has 0 spiro atoms. The van der Waals surface area contributed by atoms with Crippen molar-refractivity contribution in [1.29, 1.82) is 0 Å². The van der Waals surface area contributed by atoms with Gasteiger partial charge in [0.05, 0.1) is 13.2 Å². The van der Waals surface area contributed by atoms with Crippen LogP contribution >= 0.6 is 0 Å². The van der Waals surface area contributed by atoms with Gasteiger partial charge in [-0.3, -0.25) is 0 Å². The fraction of sp³-hybridized carbons (Fsp3) is 0.200. The maximum absolute atomic E-state index is 3.95. The second-order valence-corrected chi connectivity index (χ2v) is 4.09. The predicted octanol–water partition coefficient (Wildman–Crippen LogP) is 2.03. The molecule has 1 rings (SSSR count). The summed E-state index contributed by atoms with van der Waals surface area (Å²) in [6.07, 6.45) is 8.07. The highest BCUT2D eigenvalue weighted by Gasteiger charge is 1.93. The summed E-state index contributed by atoms with van der Waals surface area (Å²) >= 11 is 0. The maximum atomic E-state index is 3.95. The van der Waals surface area contributed by atoms with Gasteiger partial charge in [0.15, 0.2) is 0 Å². The highest BCUT2D eigenvalue weighted by atomic mass is 15.1. The van der Waals surface area contributed by atoms with Crippen molar-refractivity contribution in [3.63, 3.8) is 0 Å². The van der Waals surface area contributed by atoms with Crippen LogP contribution in [0.25, 0.3) is 6.08 Å². The zero-order valence-electron chi connectivity index (χ0n) is 10.9. The Kier molecular flexibility index (Phi) is 5.24. The van der Waals surface area contributed by atoms with Crippen LogP contribution in [-0.4, -0.2) is 21.1 Å². The molecule has 0 amide bonds. The number of anilines is 1. The van der Waals surface area contributed by atoms with Crippen LogP contribution in [0.5, 0.6) is 0 Å². The Labute approximate surface area is 104 Å². The largest absolute Gasteiger partial charge is 0.378 e. The summed E-state index contributed by atoms with van der Waals surface area (Å²) in [6, 6.07) is 8.43. The first-order chi connectivity index (χ1) is 8.13. The van der Waals surface area contributed by atoms with E-state index < -0.39 is 0 Å². The average molecular weight is 229 g/mol. The molecule has 0 aromatic heterocycles. The highest BCUT2D eigenvalue weighted by molar-refractivity contribution is 5.58. The van der Waals surface area contributed by atoms with Crippen molar-refractivity contribution >= 4 is 11.8 Å². The minimum Gasteiger partial charge on any atom is -0.378 e. The van der Waals surface area contributed by atoms with Gasteiger partial charge in [-0.2, -0.15) is 0 Å². The lowest BCUT2D eigenvalue weighted by Gasteiger charge is -2.11. The van der Waals surface area contributed by atoms with Crippen LogP contribution in [0, 0.1) is 0 Å². The summed E-state index contributed by atoms with van der Waals surface area (Å²) in [4.78, 5) is 2.09. The van der Waals surface area contributed by atoms with Gasteiger partial charge in [-0.05, 0) is 29.3 Å². The predicted molar refractivity (Wildman–Crippen MR) is 75.9 cm³/mol. The fourth-order valence-electron chi connectivity index (χ4n) is 1.36.